The minimum absolute atomic E-state index is 0.0296. The van der Waals surface area contributed by atoms with Gasteiger partial charge in [0.15, 0.2) is 17.3 Å². The van der Waals surface area contributed by atoms with Crippen LogP contribution in [0, 0.1) is 5.92 Å². The maximum absolute atomic E-state index is 13.6. The van der Waals surface area contributed by atoms with Gasteiger partial charge in [-0.15, -0.1) is 0 Å². The number of sulfonamides is 1. The van der Waals surface area contributed by atoms with Crippen LogP contribution in [0.25, 0.3) is 0 Å². The van der Waals surface area contributed by atoms with Crippen molar-refractivity contribution in [3.63, 3.8) is 0 Å². The number of esters is 1. The molecule has 0 unspecified atom stereocenters. The van der Waals surface area contributed by atoms with Gasteiger partial charge in [0.2, 0.25) is 15.8 Å². The van der Waals surface area contributed by atoms with Crippen LogP contribution in [-0.4, -0.2) is 77.0 Å². The van der Waals surface area contributed by atoms with Crippen molar-refractivity contribution in [2.45, 2.75) is 31.2 Å². The molecule has 0 saturated carbocycles. The molecule has 43 heavy (non-hydrogen) atoms. The van der Waals surface area contributed by atoms with Crippen LogP contribution in [0.15, 0.2) is 65.7 Å². The Balaban J connectivity index is 1.55. The van der Waals surface area contributed by atoms with Gasteiger partial charge in [-0.3, -0.25) is 9.59 Å². The maximum atomic E-state index is 13.6. The number of anilines is 1. The largest absolute Gasteiger partial charge is 0.493 e. The molecular weight excluding hydrogens is 574 g/mol. The molecule has 1 fully saturated rings. The lowest BCUT2D eigenvalue weighted by Crippen LogP contribution is -2.40. The Kier molecular flexibility index (Phi) is 10.6. The minimum Gasteiger partial charge on any atom is -0.493 e. The molecule has 0 atom stereocenters. The van der Waals surface area contributed by atoms with Gasteiger partial charge in [0.1, 0.15) is 5.82 Å². The predicted octanol–water partition coefficient (Wildman–Crippen LogP) is 3.96. The highest BCUT2D eigenvalue weighted by atomic mass is 32.2. The number of ketones is 1. The minimum atomic E-state index is -3.87. The maximum Gasteiger partial charge on any atom is 0.309 e. The first kappa shape index (κ1) is 31.8. The van der Waals surface area contributed by atoms with Gasteiger partial charge in [-0.25, -0.2) is 13.4 Å². The van der Waals surface area contributed by atoms with Crippen LogP contribution in [0.5, 0.6) is 17.2 Å². The average molecular weight is 612 g/mol. The molecule has 0 aliphatic carbocycles. The lowest BCUT2D eigenvalue weighted by molar-refractivity contribution is -0.149. The standard InChI is InChI=1S/C31H37N3O8S/c1-5-42-31(36)23-12-15-34(16-13-23)43(37,38)25-10-8-9-24(19-25)26(35)21-33(29-11-6-7-14-32-29)20-22-17-27(39-2)30(41-4)28(18-22)40-3/h6-11,14,17-19,23H,5,12-13,15-16,20-21H2,1-4H3. The highest BCUT2D eigenvalue weighted by Gasteiger charge is 2.33. The number of hydrogen-bond acceptors (Lipinski definition) is 10. The van der Waals surface area contributed by atoms with Crippen LogP contribution in [0.3, 0.4) is 0 Å². The summed E-state index contributed by atoms with van der Waals surface area (Å²) < 4.78 is 49.8. The lowest BCUT2D eigenvalue weighted by Gasteiger charge is -2.30. The van der Waals surface area contributed by atoms with Gasteiger partial charge in [0, 0.05) is 31.4 Å². The van der Waals surface area contributed by atoms with Crippen LogP contribution < -0.4 is 19.1 Å². The van der Waals surface area contributed by atoms with Crippen molar-refractivity contribution in [2.24, 2.45) is 5.92 Å². The molecular formula is C31H37N3O8S. The van der Waals surface area contributed by atoms with Crippen molar-refractivity contribution in [3.8, 4) is 17.2 Å². The van der Waals surface area contributed by atoms with E-state index in [9.17, 15) is 18.0 Å². The number of methoxy groups -OCH3 is 3. The second kappa shape index (κ2) is 14.3. The number of pyridine rings is 1. The molecule has 0 spiro atoms. The summed E-state index contributed by atoms with van der Waals surface area (Å²) in [7, 11) is 0.724. The number of piperidine rings is 1. The van der Waals surface area contributed by atoms with E-state index in [4.69, 9.17) is 18.9 Å². The topological polar surface area (TPSA) is 125 Å². The number of aromatic nitrogens is 1. The Morgan fingerprint density at radius 1 is 0.953 bits per heavy atom. The van der Waals surface area contributed by atoms with Gasteiger partial charge in [0.25, 0.3) is 0 Å². The van der Waals surface area contributed by atoms with Crippen molar-refractivity contribution < 1.29 is 37.0 Å². The Morgan fingerprint density at radius 2 is 1.65 bits per heavy atom. The quantitative estimate of drug-likeness (QED) is 0.207. The Morgan fingerprint density at radius 3 is 2.23 bits per heavy atom. The van der Waals surface area contributed by atoms with E-state index >= 15 is 0 Å². The smallest absolute Gasteiger partial charge is 0.309 e. The van der Waals surface area contributed by atoms with E-state index in [1.807, 2.05) is 6.07 Å². The van der Waals surface area contributed by atoms with Crippen molar-refractivity contribution in [3.05, 3.63) is 71.9 Å². The third-order valence-corrected chi connectivity index (χ3v) is 9.17. The average Bonchev–Trinajstić information content (AvgIpc) is 3.04. The number of hydrogen-bond donors (Lipinski definition) is 0. The van der Waals surface area contributed by atoms with Crippen molar-refractivity contribution in [1.29, 1.82) is 0 Å². The molecule has 1 aliphatic heterocycles. The van der Waals surface area contributed by atoms with E-state index in [1.165, 1.54) is 37.8 Å². The zero-order chi connectivity index (χ0) is 31.0. The highest BCUT2D eigenvalue weighted by Crippen LogP contribution is 2.38. The number of benzene rings is 2. The first-order valence-electron chi connectivity index (χ1n) is 14.0. The van der Waals surface area contributed by atoms with Gasteiger partial charge >= 0.3 is 5.97 Å². The fraction of sp³-hybridized carbons (Fsp3) is 0.387. The van der Waals surface area contributed by atoms with Gasteiger partial charge in [0.05, 0.1) is 45.3 Å². The molecule has 0 N–H and O–H groups in total. The number of carbonyl (C=O) groups is 2. The Hall–Kier alpha value is -4.16. The number of ether oxygens (including phenoxy) is 4. The summed E-state index contributed by atoms with van der Waals surface area (Å²) in [5.41, 5.74) is 1.05. The summed E-state index contributed by atoms with van der Waals surface area (Å²) in [6.07, 6.45) is 2.41. The fourth-order valence-electron chi connectivity index (χ4n) is 5.04. The molecule has 3 aromatic rings. The van der Waals surface area contributed by atoms with Gasteiger partial charge in [-0.1, -0.05) is 18.2 Å². The van der Waals surface area contributed by atoms with E-state index in [-0.39, 0.29) is 54.3 Å². The summed E-state index contributed by atoms with van der Waals surface area (Å²) >= 11 is 0. The molecule has 230 valence electrons. The number of rotatable bonds is 13. The van der Waals surface area contributed by atoms with E-state index < -0.39 is 10.0 Å². The molecule has 2 aromatic carbocycles. The van der Waals surface area contributed by atoms with Crippen LogP contribution >= 0.6 is 0 Å². The molecule has 12 heteroatoms. The summed E-state index contributed by atoms with van der Waals surface area (Å²) in [5, 5.41) is 0. The van der Waals surface area contributed by atoms with Crippen molar-refractivity contribution >= 4 is 27.6 Å². The Labute approximate surface area is 252 Å². The summed E-state index contributed by atoms with van der Waals surface area (Å²) in [6, 6.07) is 15.1. The fourth-order valence-corrected chi connectivity index (χ4v) is 6.56. The van der Waals surface area contributed by atoms with Crippen LogP contribution in [0.2, 0.25) is 0 Å². The monoisotopic (exact) mass is 611 g/mol. The van der Waals surface area contributed by atoms with Crippen molar-refractivity contribution in [2.75, 3.05) is 52.5 Å². The molecule has 4 rings (SSSR count). The number of nitrogens with zero attached hydrogens (tertiary/aromatic N) is 3. The van der Waals surface area contributed by atoms with E-state index in [0.29, 0.717) is 42.5 Å². The number of Topliss-reactive ketones (excluding diaryl/α,β-unsaturated/α-hetero) is 1. The third-order valence-electron chi connectivity index (χ3n) is 7.27. The second-order valence-electron chi connectivity index (χ2n) is 9.96. The first-order chi connectivity index (χ1) is 20.7. The van der Waals surface area contributed by atoms with Gasteiger partial charge in [-0.05, 0) is 61.7 Å². The Bertz CT molecular complexity index is 1500. The molecule has 1 aromatic heterocycles. The molecule has 11 nitrogen and oxygen atoms in total. The zero-order valence-electron chi connectivity index (χ0n) is 24.8. The van der Waals surface area contributed by atoms with Gasteiger partial charge in [-0.2, -0.15) is 4.31 Å². The SMILES string of the molecule is CCOC(=O)C1CCN(S(=O)(=O)c2cccc(C(=O)CN(Cc3cc(OC)c(OC)c(OC)c3)c3ccccn3)c2)CC1. The van der Waals surface area contributed by atoms with E-state index in [2.05, 4.69) is 4.98 Å². The highest BCUT2D eigenvalue weighted by molar-refractivity contribution is 7.89. The molecule has 1 aliphatic rings. The third kappa shape index (κ3) is 7.44. The molecule has 1 saturated heterocycles. The molecule has 0 bridgehead atoms. The number of carbonyl (C=O) groups excluding carboxylic acids is 2. The van der Waals surface area contributed by atoms with Gasteiger partial charge < -0.3 is 23.8 Å². The predicted molar refractivity (Wildman–Crippen MR) is 160 cm³/mol. The lowest BCUT2D eigenvalue weighted by atomic mass is 9.98. The normalized spacial score (nSPS) is 14.1. The summed E-state index contributed by atoms with van der Waals surface area (Å²) in [4.78, 5) is 32.0. The molecule has 2 heterocycles. The van der Waals surface area contributed by atoms with Crippen LogP contribution in [0.4, 0.5) is 5.82 Å². The van der Waals surface area contributed by atoms with E-state index in [1.54, 1.807) is 54.4 Å². The molecule has 0 amide bonds. The summed E-state index contributed by atoms with van der Waals surface area (Å²) in [5.74, 6) is 1.09. The van der Waals surface area contributed by atoms with Crippen LogP contribution in [-0.2, 0) is 26.1 Å². The first-order valence-corrected chi connectivity index (χ1v) is 15.4. The van der Waals surface area contributed by atoms with E-state index in [0.717, 1.165) is 5.56 Å². The van der Waals surface area contributed by atoms with Crippen LogP contribution in [0.1, 0.15) is 35.7 Å². The second-order valence-corrected chi connectivity index (χ2v) is 11.9. The van der Waals surface area contributed by atoms with Crippen molar-refractivity contribution in [1.82, 2.24) is 9.29 Å². The zero-order valence-corrected chi connectivity index (χ0v) is 25.6. The molecule has 0 radical (unpaired) electrons. The summed E-state index contributed by atoms with van der Waals surface area (Å²) in [6.45, 7) is 2.65.